The number of hydrogen-bond donors (Lipinski definition) is 2. The van der Waals surface area contributed by atoms with Crippen LogP contribution >= 0.6 is 0 Å². The SMILES string of the molecule is CCCNc1nc(NC(C)(C)COC)nc(OC(C)C)n1. The van der Waals surface area contributed by atoms with E-state index >= 15 is 0 Å². The van der Waals surface area contributed by atoms with Gasteiger partial charge in [0.25, 0.3) is 0 Å². The van der Waals surface area contributed by atoms with Gasteiger partial charge in [-0.1, -0.05) is 6.92 Å². The first-order valence-electron chi connectivity index (χ1n) is 7.30. The van der Waals surface area contributed by atoms with Crippen LogP contribution < -0.4 is 15.4 Å². The lowest BCUT2D eigenvalue weighted by Crippen LogP contribution is -2.36. The molecule has 7 heteroatoms. The van der Waals surface area contributed by atoms with Gasteiger partial charge in [0.05, 0.1) is 18.2 Å². The molecule has 0 radical (unpaired) electrons. The summed E-state index contributed by atoms with van der Waals surface area (Å²) in [4.78, 5) is 12.9. The van der Waals surface area contributed by atoms with E-state index in [4.69, 9.17) is 9.47 Å². The predicted octanol–water partition coefficient (Wildman–Crippen LogP) is 2.32. The third-order valence-electron chi connectivity index (χ3n) is 2.44. The Morgan fingerprint density at radius 3 is 2.38 bits per heavy atom. The lowest BCUT2D eigenvalue weighted by atomic mass is 10.1. The molecule has 1 heterocycles. The summed E-state index contributed by atoms with van der Waals surface area (Å²) in [5, 5.41) is 6.40. The molecule has 120 valence electrons. The van der Waals surface area contributed by atoms with Crippen LogP contribution in [0.1, 0.15) is 41.0 Å². The molecule has 0 unspecified atom stereocenters. The maximum Gasteiger partial charge on any atom is 0.323 e. The van der Waals surface area contributed by atoms with Crippen molar-refractivity contribution in [3.8, 4) is 6.01 Å². The molecule has 2 N–H and O–H groups in total. The molecule has 0 saturated carbocycles. The van der Waals surface area contributed by atoms with Crippen molar-refractivity contribution in [2.45, 2.75) is 52.7 Å². The lowest BCUT2D eigenvalue weighted by molar-refractivity contribution is 0.157. The number of anilines is 2. The van der Waals surface area contributed by atoms with Crippen LogP contribution in [0.15, 0.2) is 0 Å². The summed E-state index contributed by atoms with van der Waals surface area (Å²) in [5.41, 5.74) is -0.284. The minimum Gasteiger partial charge on any atom is -0.461 e. The second-order valence-corrected chi connectivity index (χ2v) is 5.80. The minimum atomic E-state index is -0.284. The van der Waals surface area contributed by atoms with Gasteiger partial charge in [0.1, 0.15) is 0 Å². The van der Waals surface area contributed by atoms with Crippen LogP contribution in [0, 0.1) is 0 Å². The summed E-state index contributed by atoms with van der Waals surface area (Å²) in [6.07, 6.45) is 0.996. The third kappa shape index (κ3) is 6.57. The zero-order chi connectivity index (χ0) is 15.9. The van der Waals surface area contributed by atoms with E-state index in [1.165, 1.54) is 0 Å². The van der Waals surface area contributed by atoms with E-state index in [2.05, 4.69) is 32.5 Å². The molecule has 0 aliphatic rings. The van der Waals surface area contributed by atoms with Crippen LogP contribution in [0.4, 0.5) is 11.9 Å². The van der Waals surface area contributed by atoms with Gasteiger partial charge in [-0.25, -0.2) is 0 Å². The van der Waals surface area contributed by atoms with E-state index in [1.807, 2.05) is 27.7 Å². The summed E-state index contributed by atoms with van der Waals surface area (Å²) in [7, 11) is 1.67. The molecule has 21 heavy (non-hydrogen) atoms. The smallest absolute Gasteiger partial charge is 0.323 e. The van der Waals surface area contributed by atoms with E-state index in [-0.39, 0.29) is 11.6 Å². The highest BCUT2D eigenvalue weighted by Crippen LogP contribution is 2.16. The maximum absolute atomic E-state index is 5.58. The Kier molecular flexibility index (Phi) is 6.61. The summed E-state index contributed by atoms with van der Waals surface area (Å²) in [6.45, 7) is 11.3. The van der Waals surface area contributed by atoms with Crippen molar-refractivity contribution in [3.63, 3.8) is 0 Å². The molecule has 0 amide bonds. The average molecular weight is 297 g/mol. The molecule has 7 nitrogen and oxygen atoms in total. The van der Waals surface area contributed by atoms with Crippen molar-refractivity contribution in [2.24, 2.45) is 0 Å². The first-order valence-corrected chi connectivity index (χ1v) is 7.30. The van der Waals surface area contributed by atoms with Crippen molar-refractivity contribution in [1.29, 1.82) is 0 Å². The Hall–Kier alpha value is -1.63. The number of nitrogens with one attached hydrogen (secondary N) is 2. The van der Waals surface area contributed by atoms with Crippen molar-refractivity contribution in [1.82, 2.24) is 15.0 Å². The van der Waals surface area contributed by atoms with Gasteiger partial charge in [-0.05, 0) is 34.1 Å². The Bertz CT molecular complexity index is 437. The van der Waals surface area contributed by atoms with Gasteiger partial charge >= 0.3 is 6.01 Å². The first kappa shape index (κ1) is 17.4. The number of ether oxygens (including phenoxy) is 2. The van der Waals surface area contributed by atoms with Gasteiger partial charge in [0, 0.05) is 13.7 Å². The zero-order valence-electron chi connectivity index (χ0n) is 13.9. The molecule has 0 spiro atoms. The van der Waals surface area contributed by atoms with Gasteiger partial charge in [0.15, 0.2) is 0 Å². The van der Waals surface area contributed by atoms with Gasteiger partial charge in [-0.3, -0.25) is 0 Å². The van der Waals surface area contributed by atoms with Crippen LogP contribution in [-0.4, -0.2) is 46.9 Å². The average Bonchev–Trinajstić information content (AvgIpc) is 2.34. The van der Waals surface area contributed by atoms with E-state index in [0.29, 0.717) is 24.5 Å². The number of aromatic nitrogens is 3. The molecule has 1 aromatic heterocycles. The molecule has 0 atom stereocenters. The Balaban J connectivity index is 2.94. The monoisotopic (exact) mass is 297 g/mol. The standard InChI is InChI=1S/C14H27N5O2/c1-7-8-15-11-16-12(19-14(4,5)9-20-6)18-13(17-11)21-10(2)3/h10H,7-9H2,1-6H3,(H2,15,16,17,18,19). The number of hydrogen-bond acceptors (Lipinski definition) is 7. The Labute approximate surface area is 126 Å². The second kappa shape index (κ2) is 7.97. The number of nitrogens with zero attached hydrogens (tertiary/aromatic N) is 3. The number of rotatable bonds is 9. The van der Waals surface area contributed by atoms with Crippen LogP contribution in [0.5, 0.6) is 6.01 Å². The predicted molar refractivity (Wildman–Crippen MR) is 83.9 cm³/mol. The molecule has 1 aromatic rings. The molecule has 0 aromatic carbocycles. The normalized spacial score (nSPS) is 11.6. The molecule has 0 aliphatic heterocycles. The van der Waals surface area contributed by atoms with E-state index < -0.39 is 0 Å². The van der Waals surface area contributed by atoms with Crippen LogP contribution in [-0.2, 0) is 4.74 Å². The molecule has 0 bridgehead atoms. The molecule has 0 aliphatic carbocycles. The van der Waals surface area contributed by atoms with Crippen molar-refractivity contribution < 1.29 is 9.47 Å². The quantitative estimate of drug-likeness (QED) is 0.724. The van der Waals surface area contributed by atoms with Crippen LogP contribution in [0.25, 0.3) is 0 Å². The molecular formula is C14H27N5O2. The molecule has 1 rings (SSSR count). The largest absolute Gasteiger partial charge is 0.461 e. The molecular weight excluding hydrogens is 270 g/mol. The second-order valence-electron chi connectivity index (χ2n) is 5.80. The summed E-state index contributed by atoms with van der Waals surface area (Å²) in [5.74, 6) is 0.986. The molecule has 0 saturated heterocycles. The van der Waals surface area contributed by atoms with Crippen molar-refractivity contribution in [2.75, 3.05) is 30.9 Å². The third-order valence-corrected chi connectivity index (χ3v) is 2.44. The van der Waals surface area contributed by atoms with E-state index in [9.17, 15) is 0 Å². The number of methoxy groups -OCH3 is 1. The van der Waals surface area contributed by atoms with Gasteiger partial charge in [-0.2, -0.15) is 15.0 Å². The fourth-order valence-corrected chi connectivity index (χ4v) is 1.69. The van der Waals surface area contributed by atoms with E-state index in [1.54, 1.807) is 7.11 Å². The minimum absolute atomic E-state index is 0.00580. The van der Waals surface area contributed by atoms with E-state index in [0.717, 1.165) is 13.0 Å². The van der Waals surface area contributed by atoms with Crippen molar-refractivity contribution >= 4 is 11.9 Å². The Morgan fingerprint density at radius 1 is 1.14 bits per heavy atom. The van der Waals surface area contributed by atoms with Gasteiger partial charge in [-0.15, -0.1) is 0 Å². The zero-order valence-corrected chi connectivity index (χ0v) is 13.9. The molecule has 0 fully saturated rings. The first-order chi connectivity index (χ1) is 9.86. The summed E-state index contributed by atoms with van der Waals surface area (Å²) < 4.78 is 10.8. The topological polar surface area (TPSA) is 81.2 Å². The fraction of sp³-hybridized carbons (Fsp3) is 0.786. The highest BCUT2D eigenvalue weighted by atomic mass is 16.5. The van der Waals surface area contributed by atoms with Gasteiger partial charge < -0.3 is 20.1 Å². The Morgan fingerprint density at radius 2 is 1.81 bits per heavy atom. The summed E-state index contributed by atoms with van der Waals surface area (Å²) >= 11 is 0. The van der Waals surface area contributed by atoms with Crippen LogP contribution in [0.3, 0.4) is 0 Å². The summed E-state index contributed by atoms with van der Waals surface area (Å²) in [6, 6.07) is 0.314. The highest BCUT2D eigenvalue weighted by molar-refractivity contribution is 5.37. The lowest BCUT2D eigenvalue weighted by Gasteiger charge is -2.25. The van der Waals surface area contributed by atoms with Gasteiger partial charge in [0.2, 0.25) is 11.9 Å². The highest BCUT2D eigenvalue weighted by Gasteiger charge is 2.20. The maximum atomic E-state index is 5.58. The van der Waals surface area contributed by atoms with Crippen molar-refractivity contribution in [3.05, 3.63) is 0 Å². The fourth-order valence-electron chi connectivity index (χ4n) is 1.69. The van der Waals surface area contributed by atoms with Crippen LogP contribution in [0.2, 0.25) is 0 Å².